The van der Waals surface area contributed by atoms with Gasteiger partial charge in [0, 0.05) is 11.7 Å². The fourth-order valence-corrected chi connectivity index (χ4v) is 2.54. The molecule has 1 aromatic rings. The smallest absolute Gasteiger partial charge is 0.241 e. The van der Waals surface area contributed by atoms with Crippen molar-refractivity contribution in [2.75, 3.05) is 18.9 Å². The van der Waals surface area contributed by atoms with E-state index in [4.69, 9.17) is 0 Å². The first-order chi connectivity index (χ1) is 10.6. The molecular weight excluding hydrogens is 290 g/mol. The first kappa shape index (κ1) is 19.2. The normalized spacial score (nSPS) is 12.4. The number of carbonyl (C=O) groups is 2. The number of amides is 2. The van der Waals surface area contributed by atoms with Gasteiger partial charge in [0.05, 0.1) is 12.6 Å². The quantitative estimate of drug-likeness (QED) is 0.846. The van der Waals surface area contributed by atoms with Gasteiger partial charge in [-0.25, -0.2) is 0 Å². The highest BCUT2D eigenvalue weighted by Crippen LogP contribution is 2.22. The number of likely N-dealkylation sites (N-methyl/N-ethyl adjacent to an activating group) is 1. The Morgan fingerprint density at radius 3 is 2.09 bits per heavy atom. The van der Waals surface area contributed by atoms with Gasteiger partial charge < -0.3 is 10.6 Å². The second-order valence-corrected chi connectivity index (χ2v) is 6.58. The third-order valence-electron chi connectivity index (χ3n) is 3.81. The highest BCUT2D eigenvalue weighted by atomic mass is 16.2. The van der Waals surface area contributed by atoms with Crippen LogP contribution in [0.15, 0.2) is 12.1 Å². The fraction of sp³-hybridized carbons (Fsp3) is 0.556. The number of nitrogens with one attached hydrogen (secondary N) is 2. The van der Waals surface area contributed by atoms with Gasteiger partial charge in [0.1, 0.15) is 0 Å². The average Bonchev–Trinajstić information content (AvgIpc) is 2.40. The van der Waals surface area contributed by atoms with Crippen molar-refractivity contribution in [3.05, 3.63) is 28.8 Å². The molecule has 2 N–H and O–H groups in total. The van der Waals surface area contributed by atoms with Crippen LogP contribution in [0.1, 0.15) is 37.5 Å². The lowest BCUT2D eigenvalue weighted by Gasteiger charge is -2.24. The molecular formula is C18H29N3O2. The molecule has 1 atom stereocenters. The number of anilines is 1. The zero-order chi connectivity index (χ0) is 17.7. The van der Waals surface area contributed by atoms with E-state index in [0.717, 1.165) is 16.8 Å². The Morgan fingerprint density at radius 1 is 1.09 bits per heavy atom. The maximum atomic E-state index is 12.5. The SMILES string of the molecule is Cc1cc(C)c(NC(=O)[C@H](C)N(C)CC(=O)NC(C)C)c(C)c1. The van der Waals surface area contributed by atoms with E-state index in [1.807, 2.05) is 46.8 Å². The van der Waals surface area contributed by atoms with Crippen molar-refractivity contribution in [1.82, 2.24) is 10.2 Å². The summed E-state index contributed by atoms with van der Waals surface area (Å²) in [5.41, 5.74) is 4.12. The third-order valence-corrected chi connectivity index (χ3v) is 3.81. The highest BCUT2D eigenvalue weighted by Gasteiger charge is 2.21. The predicted octanol–water partition coefficient (Wildman–Crippen LogP) is 2.40. The molecule has 0 fully saturated rings. The van der Waals surface area contributed by atoms with Crippen LogP contribution >= 0.6 is 0 Å². The van der Waals surface area contributed by atoms with Crippen LogP contribution < -0.4 is 10.6 Å². The van der Waals surface area contributed by atoms with E-state index in [0.29, 0.717) is 0 Å². The summed E-state index contributed by atoms with van der Waals surface area (Å²) in [6, 6.07) is 3.80. The molecule has 0 aromatic heterocycles. The van der Waals surface area contributed by atoms with Crippen molar-refractivity contribution in [1.29, 1.82) is 0 Å². The van der Waals surface area contributed by atoms with Crippen molar-refractivity contribution < 1.29 is 9.59 Å². The Bertz CT molecular complexity index is 559. The van der Waals surface area contributed by atoms with Crippen LogP contribution in [-0.4, -0.2) is 42.4 Å². The molecule has 0 radical (unpaired) electrons. The van der Waals surface area contributed by atoms with Crippen LogP contribution in [0.2, 0.25) is 0 Å². The molecule has 0 bridgehead atoms. The minimum Gasteiger partial charge on any atom is -0.353 e. The summed E-state index contributed by atoms with van der Waals surface area (Å²) in [6.45, 7) is 11.8. The van der Waals surface area contributed by atoms with Crippen LogP contribution in [0.25, 0.3) is 0 Å². The van der Waals surface area contributed by atoms with Crippen LogP contribution in [0.3, 0.4) is 0 Å². The Morgan fingerprint density at radius 2 is 1.61 bits per heavy atom. The first-order valence-corrected chi connectivity index (χ1v) is 8.00. The minimum absolute atomic E-state index is 0.0788. The van der Waals surface area contributed by atoms with Crippen molar-refractivity contribution in [2.45, 2.75) is 53.6 Å². The van der Waals surface area contributed by atoms with Gasteiger partial charge in [-0.2, -0.15) is 0 Å². The highest BCUT2D eigenvalue weighted by molar-refractivity contribution is 5.96. The molecule has 0 saturated heterocycles. The topological polar surface area (TPSA) is 61.4 Å². The van der Waals surface area contributed by atoms with Gasteiger partial charge in [0.15, 0.2) is 0 Å². The van der Waals surface area contributed by atoms with Crippen LogP contribution in [0, 0.1) is 20.8 Å². The standard InChI is InChI=1S/C18H29N3O2/c1-11(2)19-16(22)10-21(7)15(6)18(23)20-17-13(4)8-12(3)9-14(17)5/h8-9,11,15H,10H2,1-7H3,(H,19,22)(H,20,23)/t15-/m0/s1. The summed E-state index contributed by atoms with van der Waals surface area (Å²) in [6.07, 6.45) is 0. The number of hydrogen-bond acceptors (Lipinski definition) is 3. The molecule has 23 heavy (non-hydrogen) atoms. The lowest BCUT2D eigenvalue weighted by atomic mass is 10.0. The van der Waals surface area contributed by atoms with E-state index < -0.39 is 6.04 Å². The molecule has 0 heterocycles. The minimum atomic E-state index is -0.395. The Balaban J connectivity index is 2.72. The van der Waals surface area contributed by atoms with Gasteiger partial charge in [0.25, 0.3) is 0 Å². The molecule has 0 unspecified atom stereocenters. The lowest BCUT2D eigenvalue weighted by Crippen LogP contribution is -2.46. The summed E-state index contributed by atoms with van der Waals surface area (Å²) in [5.74, 6) is -0.190. The zero-order valence-corrected chi connectivity index (χ0v) is 15.3. The van der Waals surface area contributed by atoms with E-state index in [2.05, 4.69) is 10.6 Å². The lowest BCUT2D eigenvalue weighted by molar-refractivity contribution is -0.125. The number of carbonyl (C=O) groups excluding carboxylic acids is 2. The fourth-order valence-electron chi connectivity index (χ4n) is 2.54. The van der Waals surface area contributed by atoms with Gasteiger partial charge in [-0.05, 0) is 59.7 Å². The van der Waals surface area contributed by atoms with E-state index >= 15 is 0 Å². The van der Waals surface area contributed by atoms with E-state index in [1.165, 1.54) is 5.56 Å². The van der Waals surface area contributed by atoms with E-state index in [1.54, 1.807) is 18.9 Å². The van der Waals surface area contributed by atoms with E-state index in [-0.39, 0.29) is 24.4 Å². The molecule has 1 rings (SSSR count). The van der Waals surface area contributed by atoms with Crippen LogP contribution in [0.4, 0.5) is 5.69 Å². The largest absolute Gasteiger partial charge is 0.353 e. The average molecular weight is 319 g/mol. The molecule has 0 aliphatic carbocycles. The first-order valence-electron chi connectivity index (χ1n) is 8.00. The summed E-state index contributed by atoms with van der Waals surface area (Å²) in [5, 5.41) is 5.82. The molecule has 5 heteroatoms. The number of hydrogen-bond donors (Lipinski definition) is 2. The summed E-state index contributed by atoms with van der Waals surface area (Å²) in [7, 11) is 1.78. The molecule has 0 aliphatic heterocycles. The van der Waals surface area contributed by atoms with Crippen molar-refractivity contribution >= 4 is 17.5 Å². The second kappa shape index (κ2) is 8.11. The monoisotopic (exact) mass is 319 g/mol. The molecule has 2 amide bonds. The third kappa shape index (κ3) is 5.67. The van der Waals surface area contributed by atoms with Gasteiger partial charge in [-0.15, -0.1) is 0 Å². The van der Waals surface area contributed by atoms with Crippen molar-refractivity contribution in [3.8, 4) is 0 Å². The maximum Gasteiger partial charge on any atom is 0.241 e. The van der Waals surface area contributed by atoms with Gasteiger partial charge in [-0.3, -0.25) is 14.5 Å². The van der Waals surface area contributed by atoms with E-state index in [9.17, 15) is 9.59 Å². The number of aryl methyl sites for hydroxylation is 3. The van der Waals surface area contributed by atoms with Crippen LogP contribution in [-0.2, 0) is 9.59 Å². The molecule has 128 valence electrons. The van der Waals surface area contributed by atoms with Crippen molar-refractivity contribution in [2.24, 2.45) is 0 Å². The van der Waals surface area contributed by atoms with Crippen LogP contribution in [0.5, 0.6) is 0 Å². The molecule has 1 aromatic carbocycles. The number of benzene rings is 1. The Hall–Kier alpha value is -1.88. The summed E-state index contributed by atoms with van der Waals surface area (Å²) >= 11 is 0. The molecule has 0 saturated carbocycles. The maximum absolute atomic E-state index is 12.5. The summed E-state index contributed by atoms with van der Waals surface area (Å²) in [4.78, 5) is 26.0. The van der Waals surface area contributed by atoms with Gasteiger partial charge >= 0.3 is 0 Å². The molecule has 5 nitrogen and oxygen atoms in total. The zero-order valence-electron chi connectivity index (χ0n) is 15.3. The molecule has 0 spiro atoms. The Labute approximate surface area is 139 Å². The predicted molar refractivity (Wildman–Crippen MR) is 94.7 cm³/mol. The van der Waals surface area contributed by atoms with Gasteiger partial charge in [0.2, 0.25) is 11.8 Å². The molecule has 0 aliphatic rings. The second-order valence-electron chi connectivity index (χ2n) is 6.58. The summed E-state index contributed by atoms with van der Waals surface area (Å²) < 4.78 is 0. The Kier molecular flexibility index (Phi) is 6.76. The number of rotatable bonds is 6. The number of nitrogens with zero attached hydrogens (tertiary/aromatic N) is 1. The van der Waals surface area contributed by atoms with Crippen molar-refractivity contribution in [3.63, 3.8) is 0 Å². The van der Waals surface area contributed by atoms with Gasteiger partial charge in [-0.1, -0.05) is 17.7 Å².